The van der Waals surface area contributed by atoms with Gasteiger partial charge in [-0.15, -0.1) is 0 Å². The standard InChI is InChI=1S/C38H41BrN9O4P/c1-23-19-30(44-38-42-21-27(39)36(46-38)43-29-11-10-28-34(41-14-13-40-28)35(29)53(3,4)51)32(52-2)20-31(23)48-17-15-47(16-18-48)22-24-5-7-25(8-6-24)26-9-12-33(49)45-37(26)50/h5-8,10-11,13-14,19-21,26H,9,12,15-18,22H2,1-4H3,(H,45,49,50)(H2,42,43,44,46). The second kappa shape index (κ2) is 15.2. The van der Waals surface area contributed by atoms with Crippen LogP contribution in [0.25, 0.3) is 11.0 Å². The molecule has 4 heterocycles. The molecule has 0 aliphatic carbocycles. The van der Waals surface area contributed by atoms with Crippen LogP contribution >= 0.6 is 23.1 Å². The number of ether oxygens (including phenoxy) is 1. The van der Waals surface area contributed by atoms with Gasteiger partial charge in [-0.25, -0.2) is 4.98 Å². The van der Waals surface area contributed by atoms with Gasteiger partial charge in [-0.2, -0.15) is 4.98 Å². The van der Waals surface area contributed by atoms with Gasteiger partial charge in [0.25, 0.3) is 0 Å². The van der Waals surface area contributed by atoms with Gasteiger partial charge in [0, 0.05) is 69.5 Å². The highest BCUT2D eigenvalue weighted by Crippen LogP contribution is 2.41. The summed E-state index contributed by atoms with van der Waals surface area (Å²) < 4.78 is 19.9. The molecule has 2 fully saturated rings. The summed E-state index contributed by atoms with van der Waals surface area (Å²) in [5, 5.41) is 9.75. The number of fused-ring (bicyclic) bond motifs is 1. The van der Waals surface area contributed by atoms with Crippen LogP contribution in [0.3, 0.4) is 0 Å². The SMILES string of the molecule is COc1cc(N2CCN(Cc3ccc(C4CCC(=O)NC4=O)cc3)CC2)c(C)cc1Nc1ncc(Br)c(Nc2ccc3nccnc3c2P(C)(C)=O)n1. The number of piperidine rings is 1. The van der Waals surface area contributed by atoms with Crippen molar-refractivity contribution in [3.05, 3.63) is 88.3 Å². The van der Waals surface area contributed by atoms with E-state index in [1.807, 2.05) is 30.3 Å². The molecule has 1 unspecified atom stereocenters. The number of carbonyl (C=O) groups excluding carboxylic acids is 2. The topological polar surface area (TPSA) is 155 Å². The number of nitrogens with zero attached hydrogens (tertiary/aromatic N) is 6. The molecule has 0 saturated carbocycles. The van der Waals surface area contributed by atoms with Crippen LogP contribution in [0, 0.1) is 6.92 Å². The van der Waals surface area contributed by atoms with E-state index in [1.165, 1.54) is 5.56 Å². The Balaban J connectivity index is 1.02. The zero-order valence-electron chi connectivity index (χ0n) is 30.0. The number of methoxy groups -OCH3 is 1. The van der Waals surface area contributed by atoms with Crippen molar-refractivity contribution in [1.29, 1.82) is 0 Å². The lowest BCUT2D eigenvalue weighted by Gasteiger charge is -2.37. The Hall–Kier alpha value is -4.91. The lowest BCUT2D eigenvalue weighted by atomic mass is 9.90. The minimum Gasteiger partial charge on any atom is -0.494 e. The number of benzene rings is 3. The first kappa shape index (κ1) is 36.4. The molecule has 2 aromatic heterocycles. The van der Waals surface area contributed by atoms with Gasteiger partial charge >= 0.3 is 0 Å². The number of hydrogen-bond donors (Lipinski definition) is 3. The number of hydrogen-bond acceptors (Lipinski definition) is 12. The fourth-order valence-corrected chi connectivity index (χ4v) is 8.67. The summed E-state index contributed by atoms with van der Waals surface area (Å²) in [7, 11) is -1.11. The van der Waals surface area contributed by atoms with Gasteiger partial charge in [0.1, 0.15) is 24.2 Å². The predicted molar refractivity (Wildman–Crippen MR) is 212 cm³/mol. The minimum absolute atomic E-state index is 0.196. The molecule has 1 atom stereocenters. The Kier molecular flexibility index (Phi) is 10.5. The molecule has 13 nitrogen and oxygen atoms in total. The Labute approximate surface area is 316 Å². The van der Waals surface area contributed by atoms with E-state index in [-0.39, 0.29) is 17.7 Å². The maximum absolute atomic E-state index is 13.4. The first-order chi connectivity index (χ1) is 25.5. The normalized spacial score (nSPS) is 16.8. The fourth-order valence-electron chi connectivity index (χ4n) is 6.99. The second-order valence-corrected chi connectivity index (χ2v) is 17.7. The van der Waals surface area contributed by atoms with Gasteiger partial charge in [-0.1, -0.05) is 24.3 Å². The molecule has 0 bridgehead atoms. The van der Waals surface area contributed by atoms with Gasteiger partial charge < -0.3 is 24.8 Å². The van der Waals surface area contributed by atoms with Crippen LogP contribution in [-0.2, 0) is 20.7 Å². The Morgan fingerprint density at radius 3 is 2.43 bits per heavy atom. The third-order valence-electron chi connectivity index (χ3n) is 9.65. The predicted octanol–water partition coefficient (Wildman–Crippen LogP) is 6.08. The number of anilines is 5. The molecule has 3 N–H and O–H groups in total. The average Bonchev–Trinajstić information content (AvgIpc) is 3.13. The molecule has 0 spiro atoms. The molecule has 2 aliphatic rings. The van der Waals surface area contributed by atoms with Crippen molar-refractivity contribution in [3.8, 4) is 5.75 Å². The van der Waals surface area contributed by atoms with Crippen molar-refractivity contribution >= 4 is 80.1 Å². The van der Waals surface area contributed by atoms with Crippen molar-refractivity contribution in [2.75, 3.05) is 62.2 Å². The van der Waals surface area contributed by atoms with Crippen LogP contribution < -0.4 is 30.9 Å². The third kappa shape index (κ3) is 8.04. The molecule has 0 radical (unpaired) electrons. The van der Waals surface area contributed by atoms with E-state index in [2.05, 4.69) is 81.8 Å². The maximum atomic E-state index is 13.4. The molecule has 2 aliphatic heterocycles. The fraction of sp³-hybridized carbons (Fsp3) is 0.316. The molecule has 7 rings (SSSR count). The second-order valence-electron chi connectivity index (χ2n) is 13.7. The summed E-state index contributed by atoms with van der Waals surface area (Å²) in [6.45, 7) is 9.87. The lowest BCUT2D eigenvalue weighted by Crippen LogP contribution is -2.46. The van der Waals surface area contributed by atoms with E-state index < -0.39 is 7.14 Å². The monoisotopic (exact) mass is 797 g/mol. The minimum atomic E-state index is -2.76. The number of aryl methyl sites for hydroxylation is 1. The van der Waals surface area contributed by atoms with Crippen molar-refractivity contribution in [2.45, 2.75) is 32.2 Å². The number of carbonyl (C=O) groups is 2. The molecular weight excluding hydrogens is 757 g/mol. The van der Waals surface area contributed by atoms with E-state index >= 15 is 0 Å². The van der Waals surface area contributed by atoms with Crippen molar-refractivity contribution in [1.82, 2.24) is 30.2 Å². The number of imide groups is 1. The highest BCUT2D eigenvalue weighted by atomic mass is 79.9. The highest BCUT2D eigenvalue weighted by Gasteiger charge is 2.28. The number of halogens is 1. The van der Waals surface area contributed by atoms with Crippen LogP contribution in [-0.4, -0.2) is 83.3 Å². The van der Waals surface area contributed by atoms with E-state index in [0.717, 1.165) is 55.2 Å². The number of nitrogens with one attached hydrogen (secondary N) is 3. The summed E-state index contributed by atoms with van der Waals surface area (Å²) in [6.07, 6.45) is 5.81. The maximum Gasteiger partial charge on any atom is 0.234 e. The summed E-state index contributed by atoms with van der Waals surface area (Å²) >= 11 is 3.57. The Morgan fingerprint density at radius 1 is 0.962 bits per heavy atom. The quantitative estimate of drug-likeness (QED) is 0.111. The summed E-state index contributed by atoms with van der Waals surface area (Å²) in [5.74, 6) is 0.846. The first-order valence-electron chi connectivity index (χ1n) is 17.4. The first-order valence-corrected chi connectivity index (χ1v) is 20.8. The number of rotatable bonds is 10. The van der Waals surface area contributed by atoms with Gasteiger partial charge in [-0.3, -0.25) is 29.8 Å². The van der Waals surface area contributed by atoms with Crippen molar-refractivity contribution in [3.63, 3.8) is 0 Å². The largest absolute Gasteiger partial charge is 0.494 e. The zero-order valence-corrected chi connectivity index (χ0v) is 32.5. The van der Waals surface area contributed by atoms with E-state index in [1.54, 1.807) is 39.0 Å². The highest BCUT2D eigenvalue weighted by molar-refractivity contribution is 9.10. The van der Waals surface area contributed by atoms with Crippen LogP contribution in [0.1, 0.15) is 35.4 Å². The van der Waals surface area contributed by atoms with Crippen LogP contribution in [0.4, 0.5) is 28.8 Å². The summed E-state index contributed by atoms with van der Waals surface area (Å²) in [6, 6.07) is 16.0. The summed E-state index contributed by atoms with van der Waals surface area (Å²) in [5.41, 5.74) is 6.97. The van der Waals surface area contributed by atoms with Gasteiger partial charge in [0.15, 0.2) is 0 Å². The zero-order chi connectivity index (χ0) is 37.3. The number of amides is 2. The van der Waals surface area contributed by atoms with Crippen LogP contribution in [0.2, 0.25) is 0 Å². The Morgan fingerprint density at radius 2 is 1.72 bits per heavy atom. The lowest BCUT2D eigenvalue weighted by molar-refractivity contribution is -0.134. The van der Waals surface area contributed by atoms with Crippen molar-refractivity contribution in [2.24, 2.45) is 0 Å². The van der Waals surface area contributed by atoms with Crippen molar-refractivity contribution < 1.29 is 18.9 Å². The molecule has 3 aromatic carbocycles. The molecule has 274 valence electrons. The van der Waals surface area contributed by atoms with Crippen LogP contribution in [0.15, 0.2) is 71.6 Å². The molecule has 5 aromatic rings. The third-order valence-corrected chi connectivity index (χ3v) is 11.8. The van der Waals surface area contributed by atoms with E-state index in [0.29, 0.717) is 56.9 Å². The summed E-state index contributed by atoms with van der Waals surface area (Å²) in [4.78, 5) is 46.8. The smallest absolute Gasteiger partial charge is 0.234 e. The van der Waals surface area contributed by atoms with Crippen LogP contribution in [0.5, 0.6) is 5.75 Å². The van der Waals surface area contributed by atoms with E-state index in [4.69, 9.17) is 9.72 Å². The van der Waals surface area contributed by atoms with Gasteiger partial charge in [0.2, 0.25) is 17.8 Å². The van der Waals surface area contributed by atoms with Gasteiger partial charge in [0.05, 0.1) is 39.7 Å². The Bertz CT molecular complexity index is 2240. The molecule has 2 amide bonds. The molecule has 53 heavy (non-hydrogen) atoms. The molecule has 2 saturated heterocycles. The van der Waals surface area contributed by atoms with Gasteiger partial charge in [-0.05, 0) is 77.5 Å². The van der Waals surface area contributed by atoms with E-state index in [9.17, 15) is 14.2 Å². The number of aromatic nitrogens is 4. The average molecular weight is 799 g/mol. The molecular formula is C38H41BrN9O4P. The number of piperazine rings is 1. The molecule has 15 heteroatoms.